The highest BCUT2D eigenvalue weighted by molar-refractivity contribution is 7.92. The highest BCUT2D eigenvalue weighted by atomic mass is 35.5. The highest BCUT2D eigenvalue weighted by Crippen LogP contribution is 2.41. The number of sulfone groups is 1. The number of alkyl halides is 2. The summed E-state index contributed by atoms with van der Waals surface area (Å²) in [7, 11) is -7.22. The van der Waals surface area contributed by atoms with Crippen molar-refractivity contribution < 1.29 is 45.3 Å². The number of ether oxygens (including phenoxy) is 4. The topological polar surface area (TPSA) is 217 Å². The Labute approximate surface area is 413 Å². The molecule has 0 saturated heterocycles. The summed E-state index contributed by atoms with van der Waals surface area (Å²) in [6, 6.07) is 27.1. The van der Waals surface area contributed by atoms with Crippen molar-refractivity contribution in [2.75, 3.05) is 48.8 Å². The zero-order chi connectivity index (χ0) is 49.3. The van der Waals surface area contributed by atoms with Crippen molar-refractivity contribution in [3.05, 3.63) is 151 Å². The van der Waals surface area contributed by atoms with Crippen molar-refractivity contribution in [1.29, 1.82) is 5.26 Å². The lowest BCUT2D eigenvalue weighted by atomic mass is 9.75. The predicted molar refractivity (Wildman–Crippen MR) is 258 cm³/mol. The Bertz CT molecular complexity index is 3100. The van der Waals surface area contributed by atoms with Crippen molar-refractivity contribution in [2.24, 2.45) is 0 Å². The maximum Gasteiger partial charge on any atom is 0.315 e. The van der Waals surface area contributed by atoms with Crippen LogP contribution in [-0.4, -0.2) is 80.9 Å². The number of hydrogen-bond acceptors (Lipinski definition) is 14. The number of sulfonamides is 1. The minimum atomic E-state index is -3.63. The number of benzene rings is 4. The lowest BCUT2D eigenvalue weighted by molar-refractivity contribution is 0.102. The van der Waals surface area contributed by atoms with E-state index in [0.29, 0.717) is 39.4 Å². The Kier molecular flexibility index (Phi) is 16.7. The van der Waals surface area contributed by atoms with Crippen LogP contribution < -0.4 is 23.7 Å². The van der Waals surface area contributed by atoms with Crippen LogP contribution in [0.3, 0.4) is 0 Å². The first-order chi connectivity index (χ1) is 32.2. The first-order valence-electron chi connectivity index (χ1n) is 20.2. The molecular weight excluding hydrogens is 1000 g/mol. The number of oxazole rings is 1. The largest absolute Gasteiger partial charge is 0.489 e. The van der Waals surface area contributed by atoms with Crippen LogP contribution in [0.4, 0.5) is 5.95 Å². The number of nitrogens with one attached hydrogen (secondary N) is 1. The van der Waals surface area contributed by atoms with Gasteiger partial charge in [-0.2, -0.15) is 5.26 Å². The fraction of sp³-hybridized carbons (Fsp3) is 0.283. The third kappa shape index (κ3) is 12.8. The summed E-state index contributed by atoms with van der Waals surface area (Å²) in [5.74, 6) is 1.54. The van der Waals surface area contributed by atoms with Crippen LogP contribution in [0.5, 0.6) is 23.0 Å². The van der Waals surface area contributed by atoms with E-state index in [9.17, 15) is 27.2 Å². The number of nitrogens with zero attached hydrogens (tertiary/aromatic N) is 5. The summed E-state index contributed by atoms with van der Waals surface area (Å²) in [5.41, 5.74) is 0.477. The number of halogens is 4. The van der Waals surface area contributed by atoms with Gasteiger partial charge in [-0.1, -0.05) is 52.3 Å². The summed E-state index contributed by atoms with van der Waals surface area (Å²) in [4.78, 5) is 16.7. The molecule has 0 saturated carbocycles. The second-order valence-corrected chi connectivity index (χ2v) is 20.7. The smallest absolute Gasteiger partial charge is 0.315 e. The van der Waals surface area contributed by atoms with E-state index in [1.807, 2.05) is 19.1 Å². The van der Waals surface area contributed by atoms with Crippen LogP contribution in [0.2, 0.25) is 10.0 Å². The molecule has 0 bridgehead atoms. The predicted octanol–water partition coefficient (Wildman–Crippen LogP) is 8.75. The number of aliphatic hydroxyl groups is 1. The second kappa shape index (κ2) is 22.1. The maximum atomic E-state index is 12.0. The lowest BCUT2D eigenvalue weighted by Gasteiger charge is -2.26. The van der Waals surface area contributed by atoms with Crippen LogP contribution in [-0.2, 0) is 44.1 Å². The summed E-state index contributed by atoms with van der Waals surface area (Å²) in [6.07, 6.45) is 4.47. The molecule has 2 atom stereocenters. The van der Waals surface area contributed by atoms with Crippen LogP contribution >= 0.6 is 46.4 Å². The molecule has 0 spiro atoms. The standard InChI is InChI=1S/C46H43Cl4N6O10S2/c1-45(33-19-29(23-51)41(38(49)21-33)62-17-14-47,31-5-9-36(10-6-31)64-25-35-13-16-53-44(55-35)56-68(4,60)61)27-52-24-30-20-34(22-39(50)42(30)63-18-15-48)46(2,57)32-7-11-37(12-8-32)65-26-40-43(54-28-66-40)67(3,58)59/h5-13,16,19-22,28,57H,14-15,17-18,25-27H2,1-4H3,(H,53,55,56)/q+1/t45?,46-/m0/s1. The first kappa shape index (κ1) is 51.6. The van der Waals surface area contributed by atoms with Gasteiger partial charge in [-0.25, -0.2) is 31.8 Å². The van der Waals surface area contributed by atoms with Gasteiger partial charge in [0.25, 0.3) is 6.54 Å². The van der Waals surface area contributed by atoms with Crippen LogP contribution in [0, 0.1) is 17.4 Å². The summed E-state index contributed by atoms with van der Waals surface area (Å²) < 4.78 is 78.4. The zero-order valence-corrected chi connectivity index (χ0v) is 41.5. The maximum absolute atomic E-state index is 12.0. The van der Waals surface area contributed by atoms with Gasteiger partial charge in [0.15, 0.2) is 38.5 Å². The average Bonchev–Trinajstić information content (AvgIpc) is 3.79. The second-order valence-electron chi connectivity index (χ2n) is 15.4. The van der Waals surface area contributed by atoms with E-state index < -0.39 is 30.9 Å². The molecule has 16 nitrogen and oxygen atoms in total. The summed E-state index contributed by atoms with van der Waals surface area (Å²) in [5, 5.41) is 22.4. The van der Waals surface area contributed by atoms with Crippen molar-refractivity contribution in [3.8, 4) is 35.1 Å². The van der Waals surface area contributed by atoms with Gasteiger partial charge in [-0.15, -0.1) is 23.2 Å². The Morgan fingerprint density at radius 2 is 1.34 bits per heavy atom. The van der Waals surface area contributed by atoms with E-state index >= 15 is 0 Å². The van der Waals surface area contributed by atoms with Gasteiger partial charge in [0.2, 0.25) is 16.0 Å². The molecule has 2 heterocycles. The number of nitriles is 1. The van der Waals surface area contributed by atoms with Crippen molar-refractivity contribution in [1.82, 2.24) is 15.0 Å². The molecule has 0 aliphatic carbocycles. The monoisotopic (exact) mass is 1040 g/mol. The number of aromatic nitrogens is 3. The Morgan fingerprint density at radius 3 is 1.93 bits per heavy atom. The minimum absolute atomic E-state index is 0.00434. The molecule has 4 aromatic carbocycles. The van der Waals surface area contributed by atoms with Gasteiger partial charge >= 0.3 is 6.07 Å². The van der Waals surface area contributed by atoms with E-state index in [-0.39, 0.29) is 88.6 Å². The van der Waals surface area contributed by atoms with E-state index in [2.05, 4.69) is 31.8 Å². The molecule has 6 rings (SSSR count). The zero-order valence-electron chi connectivity index (χ0n) is 36.8. The molecule has 22 heteroatoms. The van der Waals surface area contributed by atoms with Gasteiger partial charge in [-0.3, -0.25) is 4.72 Å². The van der Waals surface area contributed by atoms with Gasteiger partial charge < -0.3 is 28.5 Å². The number of anilines is 1. The van der Waals surface area contributed by atoms with E-state index in [1.165, 1.54) is 6.20 Å². The van der Waals surface area contributed by atoms with Crippen LogP contribution in [0.1, 0.15) is 58.7 Å². The molecule has 6 aromatic rings. The van der Waals surface area contributed by atoms with Crippen molar-refractivity contribution in [3.63, 3.8) is 0 Å². The Balaban J connectivity index is 1.32. The minimum Gasteiger partial charge on any atom is -0.489 e. The quantitative estimate of drug-likeness (QED) is 0.0684. The average molecular weight is 1050 g/mol. The van der Waals surface area contributed by atoms with Gasteiger partial charge in [-0.05, 0) is 90.7 Å². The molecule has 0 radical (unpaired) electrons. The number of rotatable bonds is 20. The van der Waals surface area contributed by atoms with Crippen LogP contribution in [0.25, 0.3) is 4.85 Å². The van der Waals surface area contributed by atoms with Gasteiger partial charge in [0.1, 0.15) is 55.2 Å². The summed E-state index contributed by atoms with van der Waals surface area (Å²) in [6.45, 7) is 3.57. The Hall–Kier alpha value is -5.83. The van der Waals surface area contributed by atoms with E-state index in [1.54, 1.807) is 73.7 Å². The molecular formula is C46H43Cl4N6O10S2+. The lowest BCUT2D eigenvalue weighted by Crippen LogP contribution is -2.27. The SMILES string of the molecule is CC(C[N+]#Cc1cc([C@@](C)(O)c2ccc(OCc3ocnc3S(C)(=O)=O)cc2)cc(Cl)c1OCCCl)(c1ccc(OCc2ccnc(NS(C)(=O)=O)n2)cc1)c1cc(Cl)c(OCCCl)c(C#N)c1. The molecule has 0 aliphatic rings. The third-order valence-electron chi connectivity index (χ3n) is 10.3. The summed E-state index contributed by atoms with van der Waals surface area (Å²) >= 11 is 25.5. The Morgan fingerprint density at radius 1 is 0.765 bits per heavy atom. The van der Waals surface area contributed by atoms with Crippen molar-refractivity contribution in [2.45, 2.75) is 43.1 Å². The fourth-order valence-corrected chi connectivity index (χ4v) is 8.66. The third-order valence-corrected chi connectivity index (χ3v) is 12.7. The molecule has 1 unspecified atom stereocenters. The first-order valence-corrected chi connectivity index (χ1v) is 25.9. The van der Waals surface area contributed by atoms with E-state index in [0.717, 1.165) is 24.5 Å². The molecule has 0 aliphatic heterocycles. The van der Waals surface area contributed by atoms with Gasteiger partial charge in [0, 0.05) is 12.5 Å². The fourth-order valence-electron chi connectivity index (χ4n) is 6.78. The molecule has 356 valence electrons. The van der Waals surface area contributed by atoms with E-state index in [4.69, 9.17) is 74.6 Å². The number of hydrogen-bond donors (Lipinski definition) is 2. The molecule has 2 N–H and O–H groups in total. The molecule has 0 amide bonds. The van der Waals surface area contributed by atoms with Gasteiger partial charge in [0.05, 0.1) is 44.7 Å². The molecule has 0 fully saturated rings. The molecule has 2 aromatic heterocycles. The highest BCUT2D eigenvalue weighted by Gasteiger charge is 2.36. The molecule has 68 heavy (non-hydrogen) atoms. The normalized spacial score (nSPS) is 13.2. The van der Waals surface area contributed by atoms with Crippen LogP contribution in [0.15, 0.2) is 101 Å². The van der Waals surface area contributed by atoms with Crippen molar-refractivity contribution >= 4 is 72.2 Å².